The van der Waals surface area contributed by atoms with Gasteiger partial charge < -0.3 is 14.5 Å². The first-order valence-corrected chi connectivity index (χ1v) is 12.4. The van der Waals surface area contributed by atoms with Crippen molar-refractivity contribution < 1.29 is 18.7 Å². The van der Waals surface area contributed by atoms with Gasteiger partial charge in [0, 0.05) is 24.6 Å². The lowest BCUT2D eigenvalue weighted by Crippen LogP contribution is -2.45. The Morgan fingerprint density at radius 2 is 1.79 bits per heavy atom. The lowest BCUT2D eigenvalue weighted by molar-refractivity contribution is -0.133. The molecule has 0 radical (unpaired) electrons. The van der Waals surface area contributed by atoms with Crippen LogP contribution in [0.3, 0.4) is 0 Å². The Morgan fingerprint density at radius 1 is 1.03 bits per heavy atom. The highest BCUT2D eigenvalue weighted by Gasteiger charge is 2.28. The standard InChI is InChI=1S/C27H29FN2O3S/c1-20-13-15-34-25(20)18-29(16-21-8-3-2-4-9-21)26(31)19-30(17-22-10-7-14-33-22)27(32)23-11-5-6-12-24(23)28/h2-6,8-9,11-13,15,22H,7,10,14,16-19H2,1H3. The zero-order chi connectivity index (χ0) is 23.9. The van der Waals surface area contributed by atoms with E-state index in [1.165, 1.54) is 17.0 Å². The molecule has 0 spiro atoms. The van der Waals surface area contributed by atoms with Crippen LogP contribution in [0, 0.1) is 12.7 Å². The molecule has 2 heterocycles. The summed E-state index contributed by atoms with van der Waals surface area (Å²) in [6.07, 6.45) is 1.58. The van der Waals surface area contributed by atoms with Crippen molar-refractivity contribution in [2.45, 2.75) is 39.0 Å². The van der Waals surface area contributed by atoms with E-state index in [1.807, 2.05) is 48.7 Å². The van der Waals surface area contributed by atoms with Gasteiger partial charge in [-0.1, -0.05) is 42.5 Å². The summed E-state index contributed by atoms with van der Waals surface area (Å²) in [5.41, 5.74) is 2.11. The minimum Gasteiger partial charge on any atom is -0.376 e. The molecule has 1 unspecified atom stereocenters. The lowest BCUT2D eigenvalue weighted by Gasteiger charge is -2.29. The lowest BCUT2D eigenvalue weighted by atomic mass is 10.1. The summed E-state index contributed by atoms with van der Waals surface area (Å²) >= 11 is 1.61. The van der Waals surface area contributed by atoms with Crippen molar-refractivity contribution in [1.29, 1.82) is 0 Å². The number of hydrogen-bond acceptors (Lipinski definition) is 4. The van der Waals surface area contributed by atoms with E-state index in [-0.39, 0.29) is 30.7 Å². The molecule has 0 saturated carbocycles. The van der Waals surface area contributed by atoms with Crippen LogP contribution in [0.15, 0.2) is 66.0 Å². The first-order valence-electron chi connectivity index (χ1n) is 11.5. The van der Waals surface area contributed by atoms with Crippen LogP contribution in [-0.2, 0) is 22.6 Å². The molecule has 2 amide bonds. The van der Waals surface area contributed by atoms with E-state index in [0.29, 0.717) is 19.7 Å². The molecule has 0 aliphatic carbocycles. The molecule has 0 N–H and O–H groups in total. The number of carbonyl (C=O) groups excluding carboxylic acids is 2. The van der Waals surface area contributed by atoms with Crippen molar-refractivity contribution in [3.8, 4) is 0 Å². The number of hydrogen-bond donors (Lipinski definition) is 0. The predicted octanol–water partition coefficient (Wildman–Crippen LogP) is 5.05. The third-order valence-electron chi connectivity index (χ3n) is 6.04. The van der Waals surface area contributed by atoms with Crippen molar-refractivity contribution in [2.75, 3.05) is 19.7 Å². The molecule has 1 fully saturated rings. The first-order chi connectivity index (χ1) is 16.5. The number of nitrogens with zero attached hydrogens (tertiary/aromatic N) is 2. The van der Waals surface area contributed by atoms with Gasteiger partial charge in [0.05, 0.1) is 18.2 Å². The third-order valence-corrected chi connectivity index (χ3v) is 7.04. The number of ether oxygens (including phenoxy) is 1. The van der Waals surface area contributed by atoms with E-state index < -0.39 is 11.7 Å². The van der Waals surface area contributed by atoms with Gasteiger partial charge >= 0.3 is 0 Å². The molecule has 0 bridgehead atoms. The van der Waals surface area contributed by atoms with Gasteiger partial charge in [-0.05, 0) is 54.5 Å². The average molecular weight is 481 g/mol. The molecule has 1 aliphatic rings. The predicted molar refractivity (Wildman–Crippen MR) is 131 cm³/mol. The van der Waals surface area contributed by atoms with Crippen molar-refractivity contribution in [3.05, 3.63) is 93.4 Å². The van der Waals surface area contributed by atoms with Crippen LogP contribution in [0.25, 0.3) is 0 Å². The molecule has 1 saturated heterocycles. The molecular weight excluding hydrogens is 451 g/mol. The Hall–Kier alpha value is -3.03. The van der Waals surface area contributed by atoms with Crippen LogP contribution < -0.4 is 0 Å². The average Bonchev–Trinajstić information content (AvgIpc) is 3.50. The number of halogens is 1. The molecule has 1 aromatic heterocycles. The largest absolute Gasteiger partial charge is 0.376 e. The van der Waals surface area contributed by atoms with E-state index >= 15 is 0 Å². The molecule has 1 atom stereocenters. The molecule has 1 aliphatic heterocycles. The molecule has 7 heteroatoms. The van der Waals surface area contributed by atoms with Crippen LogP contribution >= 0.6 is 11.3 Å². The van der Waals surface area contributed by atoms with Gasteiger partial charge in [-0.2, -0.15) is 0 Å². The second kappa shape index (κ2) is 11.4. The molecule has 4 rings (SSSR count). The van der Waals surface area contributed by atoms with Gasteiger partial charge in [-0.25, -0.2) is 4.39 Å². The number of thiophene rings is 1. The van der Waals surface area contributed by atoms with Crippen molar-refractivity contribution in [2.24, 2.45) is 0 Å². The van der Waals surface area contributed by atoms with Crippen LogP contribution in [0.2, 0.25) is 0 Å². The summed E-state index contributed by atoms with van der Waals surface area (Å²) in [6, 6.07) is 17.7. The fourth-order valence-electron chi connectivity index (χ4n) is 4.10. The number of rotatable bonds is 9. The fraction of sp³-hybridized carbons (Fsp3) is 0.333. The molecule has 5 nitrogen and oxygen atoms in total. The van der Waals surface area contributed by atoms with Crippen LogP contribution in [0.5, 0.6) is 0 Å². The van der Waals surface area contributed by atoms with Gasteiger partial charge in [0.15, 0.2) is 0 Å². The highest BCUT2D eigenvalue weighted by Crippen LogP contribution is 2.21. The maximum absolute atomic E-state index is 14.4. The topological polar surface area (TPSA) is 49.9 Å². The summed E-state index contributed by atoms with van der Waals surface area (Å²) in [4.78, 5) is 31.2. The Balaban J connectivity index is 1.57. The normalized spacial score (nSPS) is 15.3. The van der Waals surface area contributed by atoms with Gasteiger partial charge in [-0.15, -0.1) is 11.3 Å². The first kappa shape index (κ1) is 24.1. The summed E-state index contributed by atoms with van der Waals surface area (Å²) in [7, 11) is 0. The summed E-state index contributed by atoms with van der Waals surface area (Å²) in [5.74, 6) is -1.26. The van der Waals surface area contributed by atoms with Gasteiger partial charge in [0.1, 0.15) is 12.4 Å². The Kier molecular flexibility index (Phi) is 8.08. The van der Waals surface area contributed by atoms with Gasteiger partial charge in [0.25, 0.3) is 5.91 Å². The summed E-state index contributed by atoms with van der Waals surface area (Å²) < 4.78 is 20.1. The monoisotopic (exact) mass is 480 g/mol. The van der Waals surface area contributed by atoms with Crippen LogP contribution in [-0.4, -0.2) is 47.4 Å². The smallest absolute Gasteiger partial charge is 0.257 e. The van der Waals surface area contributed by atoms with Crippen LogP contribution in [0.1, 0.15) is 39.2 Å². The molecule has 34 heavy (non-hydrogen) atoms. The maximum Gasteiger partial charge on any atom is 0.257 e. The molecule has 3 aromatic rings. The highest BCUT2D eigenvalue weighted by atomic mass is 32.1. The zero-order valence-electron chi connectivity index (χ0n) is 19.3. The Bertz CT molecular complexity index is 1110. The minimum absolute atomic E-state index is 0.0305. The van der Waals surface area contributed by atoms with E-state index in [9.17, 15) is 14.0 Å². The van der Waals surface area contributed by atoms with Crippen molar-refractivity contribution in [3.63, 3.8) is 0 Å². The summed E-state index contributed by atoms with van der Waals surface area (Å²) in [5, 5.41) is 2.02. The second-order valence-electron chi connectivity index (χ2n) is 8.56. The van der Waals surface area contributed by atoms with Crippen molar-refractivity contribution >= 4 is 23.2 Å². The third kappa shape index (κ3) is 6.10. The minimum atomic E-state index is -0.590. The number of carbonyl (C=O) groups is 2. The van der Waals surface area contributed by atoms with Crippen LogP contribution in [0.4, 0.5) is 4.39 Å². The molecular formula is C27H29FN2O3S. The van der Waals surface area contributed by atoms with E-state index in [4.69, 9.17) is 4.74 Å². The van der Waals surface area contributed by atoms with E-state index in [1.54, 1.807) is 28.4 Å². The number of amides is 2. The van der Waals surface area contributed by atoms with E-state index in [0.717, 1.165) is 28.8 Å². The Labute approximate surface area is 203 Å². The molecule has 2 aromatic carbocycles. The van der Waals surface area contributed by atoms with Gasteiger partial charge in [0.2, 0.25) is 5.91 Å². The number of benzene rings is 2. The van der Waals surface area contributed by atoms with E-state index in [2.05, 4.69) is 0 Å². The fourth-order valence-corrected chi connectivity index (χ4v) is 5.02. The quantitative estimate of drug-likeness (QED) is 0.431. The van der Waals surface area contributed by atoms with Crippen molar-refractivity contribution in [1.82, 2.24) is 9.80 Å². The Morgan fingerprint density at radius 3 is 2.47 bits per heavy atom. The molecule has 178 valence electrons. The zero-order valence-corrected chi connectivity index (χ0v) is 20.1. The highest BCUT2D eigenvalue weighted by molar-refractivity contribution is 7.10. The van der Waals surface area contributed by atoms with Gasteiger partial charge in [-0.3, -0.25) is 9.59 Å². The number of aryl methyl sites for hydroxylation is 1. The maximum atomic E-state index is 14.4. The SMILES string of the molecule is Cc1ccsc1CN(Cc1ccccc1)C(=O)CN(CC1CCCO1)C(=O)c1ccccc1F. The summed E-state index contributed by atoms with van der Waals surface area (Å²) in [6.45, 7) is 3.68. The second-order valence-corrected chi connectivity index (χ2v) is 9.56.